The lowest BCUT2D eigenvalue weighted by molar-refractivity contribution is -0.154. The van der Waals surface area contributed by atoms with Crippen LogP contribution in [0.25, 0.3) is 0 Å². The molecule has 136 valence electrons. The van der Waals surface area contributed by atoms with Gasteiger partial charge in [0.2, 0.25) is 5.91 Å². The summed E-state index contributed by atoms with van der Waals surface area (Å²) in [5, 5.41) is 0. The number of nitrogens with zero attached hydrogens (tertiary/aromatic N) is 2. The maximum Gasteiger partial charge on any atom is 0.252 e. The maximum absolute atomic E-state index is 13.1. The SMILES string of the molecule is CC1(C)CN(C(=O)C2CCCCN2C(=O)C2CCCO2)CCC1N. The van der Waals surface area contributed by atoms with Gasteiger partial charge in [0.05, 0.1) is 0 Å². The number of likely N-dealkylation sites (tertiary alicyclic amines) is 2. The molecule has 0 saturated carbocycles. The molecule has 3 heterocycles. The van der Waals surface area contributed by atoms with Gasteiger partial charge in [0.25, 0.3) is 5.91 Å². The average molecular weight is 337 g/mol. The number of rotatable bonds is 2. The molecule has 3 aliphatic heterocycles. The molecule has 3 atom stereocenters. The fourth-order valence-corrected chi connectivity index (χ4v) is 4.18. The highest BCUT2D eigenvalue weighted by Gasteiger charge is 2.42. The molecule has 3 saturated heterocycles. The van der Waals surface area contributed by atoms with Gasteiger partial charge >= 0.3 is 0 Å². The van der Waals surface area contributed by atoms with Crippen molar-refractivity contribution < 1.29 is 14.3 Å². The van der Waals surface area contributed by atoms with E-state index in [1.807, 2.05) is 4.90 Å². The van der Waals surface area contributed by atoms with Crippen molar-refractivity contribution in [2.75, 3.05) is 26.2 Å². The minimum Gasteiger partial charge on any atom is -0.368 e. The summed E-state index contributed by atoms with van der Waals surface area (Å²) in [6, 6.07) is -0.196. The lowest BCUT2D eigenvalue weighted by Crippen LogP contribution is -2.60. The monoisotopic (exact) mass is 337 g/mol. The zero-order chi connectivity index (χ0) is 17.3. The number of hydrogen-bond acceptors (Lipinski definition) is 4. The fourth-order valence-electron chi connectivity index (χ4n) is 4.18. The van der Waals surface area contributed by atoms with Crippen molar-refractivity contribution in [3.05, 3.63) is 0 Å². The van der Waals surface area contributed by atoms with Gasteiger partial charge in [-0.25, -0.2) is 0 Å². The summed E-state index contributed by atoms with van der Waals surface area (Å²) >= 11 is 0. The Balaban J connectivity index is 1.70. The van der Waals surface area contributed by atoms with E-state index in [4.69, 9.17) is 10.5 Å². The highest BCUT2D eigenvalue weighted by molar-refractivity contribution is 5.90. The summed E-state index contributed by atoms with van der Waals surface area (Å²) < 4.78 is 5.56. The Hall–Kier alpha value is -1.14. The van der Waals surface area contributed by atoms with Crippen LogP contribution in [0.2, 0.25) is 0 Å². The van der Waals surface area contributed by atoms with Crippen molar-refractivity contribution >= 4 is 11.8 Å². The third-order valence-corrected chi connectivity index (χ3v) is 5.90. The second kappa shape index (κ2) is 7.00. The Labute approximate surface area is 144 Å². The predicted molar refractivity (Wildman–Crippen MR) is 91.3 cm³/mol. The summed E-state index contributed by atoms with van der Waals surface area (Å²) in [4.78, 5) is 29.6. The first-order valence-corrected chi connectivity index (χ1v) is 9.36. The molecule has 6 nitrogen and oxygen atoms in total. The second-order valence-electron chi connectivity index (χ2n) is 8.19. The van der Waals surface area contributed by atoms with Gasteiger partial charge in [0, 0.05) is 32.3 Å². The lowest BCUT2D eigenvalue weighted by Gasteiger charge is -2.45. The molecular formula is C18H31N3O3. The largest absolute Gasteiger partial charge is 0.368 e. The normalized spacial score (nSPS) is 33.5. The molecule has 6 heteroatoms. The van der Waals surface area contributed by atoms with Crippen LogP contribution < -0.4 is 5.73 Å². The Morgan fingerprint density at radius 2 is 1.83 bits per heavy atom. The minimum absolute atomic E-state index is 0.0125. The number of ether oxygens (including phenoxy) is 1. The molecule has 3 aliphatic rings. The molecule has 0 aromatic carbocycles. The quantitative estimate of drug-likeness (QED) is 0.820. The van der Waals surface area contributed by atoms with E-state index in [1.165, 1.54) is 0 Å². The van der Waals surface area contributed by atoms with Crippen molar-refractivity contribution in [2.24, 2.45) is 11.1 Å². The van der Waals surface area contributed by atoms with Crippen LogP contribution in [0, 0.1) is 5.41 Å². The first-order chi connectivity index (χ1) is 11.4. The van der Waals surface area contributed by atoms with Crippen LogP contribution in [0.15, 0.2) is 0 Å². The summed E-state index contributed by atoms with van der Waals surface area (Å²) in [6.45, 7) is 6.93. The van der Waals surface area contributed by atoms with Gasteiger partial charge in [-0.1, -0.05) is 13.8 Å². The van der Waals surface area contributed by atoms with E-state index in [0.29, 0.717) is 26.2 Å². The zero-order valence-electron chi connectivity index (χ0n) is 15.0. The Kier molecular flexibility index (Phi) is 5.16. The molecular weight excluding hydrogens is 306 g/mol. The second-order valence-corrected chi connectivity index (χ2v) is 8.19. The Bertz CT molecular complexity index is 488. The van der Waals surface area contributed by atoms with E-state index < -0.39 is 0 Å². The van der Waals surface area contributed by atoms with E-state index in [2.05, 4.69) is 13.8 Å². The van der Waals surface area contributed by atoms with E-state index in [-0.39, 0.29) is 35.4 Å². The molecule has 0 aromatic rings. The van der Waals surface area contributed by atoms with Crippen LogP contribution in [0.5, 0.6) is 0 Å². The summed E-state index contributed by atoms with van der Waals surface area (Å²) in [5.74, 6) is 0.111. The van der Waals surface area contributed by atoms with Crippen molar-refractivity contribution in [1.82, 2.24) is 9.80 Å². The molecule has 0 spiro atoms. The van der Waals surface area contributed by atoms with Crippen LogP contribution in [0.1, 0.15) is 52.4 Å². The molecule has 0 radical (unpaired) electrons. The number of hydrogen-bond donors (Lipinski definition) is 1. The van der Waals surface area contributed by atoms with Gasteiger partial charge in [-0.2, -0.15) is 0 Å². The number of nitrogens with two attached hydrogens (primary N) is 1. The first-order valence-electron chi connectivity index (χ1n) is 9.36. The van der Waals surface area contributed by atoms with Gasteiger partial charge in [-0.3, -0.25) is 9.59 Å². The van der Waals surface area contributed by atoms with Crippen molar-refractivity contribution in [1.29, 1.82) is 0 Å². The summed E-state index contributed by atoms with van der Waals surface area (Å²) in [5.41, 5.74) is 6.12. The van der Waals surface area contributed by atoms with E-state index >= 15 is 0 Å². The van der Waals surface area contributed by atoms with Gasteiger partial charge in [-0.15, -0.1) is 0 Å². The van der Waals surface area contributed by atoms with Crippen molar-refractivity contribution in [2.45, 2.75) is 70.6 Å². The van der Waals surface area contributed by atoms with Gasteiger partial charge in [-0.05, 0) is 43.9 Å². The van der Waals surface area contributed by atoms with Crippen LogP contribution in [-0.4, -0.2) is 66.0 Å². The fraction of sp³-hybridized carbons (Fsp3) is 0.889. The highest BCUT2D eigenvalue weighted by atomic mass is 16.5. The van der Waals surface area contributed by atoms with Crippen LogP contribution in [0.4, 0.5) is 0 Å². The number of amides is 2. The average Bonchev–Trinajstić information content (AvgIpc) is 3.10. The van der Waals surface area contributed by atoms with E-state index in [9.17, 15) is 9.59 Å². The molecule has 3 unspecified atom stereocenters. The predicted octanol–water partition coefficient (Wildman–Crippen LogP) is 1.13. The molecule has 0 aliphatic carbocycles. The highest BCUT2D eigenvalue weighted by Crippen LogP contribution is 2.30. The Morgan fingerprint density at radius 1 is 1.04 bits per heavy atom. The third-order valence-electron chi connectivity index (χ3n) is 5.90. The molecule has 24 heavy (non-hydrogen) atoms. The van der Waals surface area contributed by atoms with Crippen LogP contribution in [-0.2, 0) is 14.3 Å². The topological polar surface area (TPSA) is 75.9 Å². The number of carbonyl (C=O) groups is 2. The van der Waals surface area contributed by atoms with Crippen LogP contribution in [0.3, 0.4) is 0 Å². The summed E-state index contributed by atoms with van der Waals surface area (Å²) in [7, 11) is 0. The molecule has 3 rings (SSSR count). The molecule has 3 fully saturated rings. The smallest absolute Gasteiger partial charge is 0.252 e. The first kappa shape index (κ1) is 17.7. The van der Waals surface area contributed by atoms with Gasteiger partial charge < -0.3 is 20.3 Å². The maximum atomic E-state index is 13.1. The summed E-state index contributed by atoms with van der Waals surface area (Å²) in [6.07, 6.45) is 4.93. The minimum atomic E-state index is -0.343. The molecule has 0 bridgehead atoms. The van der Waals surface area contributed by atoms with Crippen LogP contribution >= 0.6 is 0 Å². The standard InChI is InChI=1S/C18H31N3O3/c1-18(2)12-20(10-8-15(18)19)16(22)13-6-3-4-9-21(13)17(23)14-7-5-11-24-14/h13-15H,3-12,19H2,1-2H3. The lowest BCUT2D eigenvalue weighted by atomic mass is 9.79. The molecule has 0 aromatic heterocycles. The number of piperidine rings is 2. The molecule has 2 N–H and O–H groups in total. The van der Waals surface area contributed by atoms with E-state index in [1.54, 1.807) is 4.90 Å². The van der Waals surface area contributed by atoms with Gasteiger partial charge in [0.1, 0.15) is 12.1 Å². The Morgan fingerprint density at radius 3 is 2.50 bits per heavy atom. The number of carbonyl (C=O) groups excluding carboxylic acids is 2. The zero-order valence-corrected chi connectivity index (χ0v) is 15.0. The van der Waals surface area contributed by atoms with Crippen molar-refractivity contribution in [3.8, 4) is 0 Å². The van der Waals surface area contributed by atoms with Gasteiger partial charge in [0.15, 0.2) is 0 Å². The third kappa shape index (κ3) is 3.45. The van der Waals surface area contributed by atoms with E-state index in [0.717, 1.165) is 38.5 Å². The van der Waals surface area contributed by atoms with Crippen molar-refractivity contribution in [3.63, 3.8) is 0 Å². The molecule has 2 amide bonds.